The van der Waals surface area contributed by atoms with Crippen molar-refractivity contribution in [2.75, 3.05) is 13.2 Å². The fourth-order valence-electron chi connectivity index (χ4n) is 4.06. The van der Waals surface area contributed by atoms with Crippen LogP contribution in [0, 0.1) is 13.8 Å². The van der Waals surface area contributed by atoms with Crippen molar-refractivity contribution in [3.05, 3.63) is 65.0 Å². The van der Waals surface area contributed by atoms with E-state index in [0.29, 0.717) is 32.6 Å². The maximum Gasteiger partial charge on any atom is 0.220 e. The minimum atomic E-state index is -0.000544. The monoisotopic (exact) mass is 416 g/mol. The maximum atomic E-state index is 12.5. The summed E-state index contributed by atoms with van der Waals surface area (Å²) in [6, 6.07) is 13.8. The molecule has 4 aromatic rings. The Morgan fingerprint density at radius 1 is 1.10 bits per heavy atom. The van der Waals surface area contributed by atoms with E-state index in [0.717, 1.165) is 50.6 Å². The third kappa shape index (κ3) is 3.67. The van der Waals surface area contributed by atoms with Gasteiger partial charge in [-0.05, 0) is 55.7 Å². The van der Waals surface area contributed by atoms with Crippen LogP contribution in [0.5, 0.6) is 11.5 Å². The number of fused-ring (bicyclic) bond motifs is 4. The van der Waals surface area contributed by atoms with Crippen molar-refractivity contribution >= 4 is 22.5 Å². The highest BCUT2D eigenvalue weighted by Gasteiger charge is 2.15. The zero-order chi connectivity index (χ0) is 21.4. The Hall–Kier alpha value is -3.61. The summed E-state index contributed by atoms with van der Waals surface area (Å²) in [6.07, 6.45) is 1.00. The third-order valence-electron chi connectivity index (χ3n) is 5.72. The number of nitrogens with zero attached hydrogens (tertiary/aromatic N) is 3. The van der Waals surface area contributed by atoms with E-state index in [9.17, 15) is 4.79 Å². The zero-order valence-corrected chi connectivity index (χ0v) is 17.6. The van der Waals surface area contributed by atoms with Crippen molar-refractivity contribution in [3.8, 4) is 11.5 Å². The Bertz CT molecular complexity index is 1300. The predicted octanol–water partition coefficient (Wildman–Crippen LogP) is 3.52. The number of aryl methyl sites for hydroxylation is 2. The average molecular weight is 416 g/mol. The van der Waals surface area contributed by atoms with Gasteiger partial charge in [-0.25, -0.2) is 9.50 Å². The number of hydrogen-bond donors (Lipinski definition) is 1. The number of ether oxygens (including phenoxy) is 2. The van der Waals surface area contributed by atoms with E-state index in [4.69, 9.17) is 14.5 Å². The Kier molecular flexibility index (Phi) is 4.94. The predicted molar refractivity (Wildman–Crippen MR) is 118 cm³/mol. The average Bonchev–Trinajstić information content (AvgIpc) is 3.16. The highest BCUT2D eigenvalue weighted by molar-refractivity contribution is 5.92. The van der Waals surface area contributed by atoms with E-state index in [1.165, 1.54) is 0 Å². The molecule has 0 saturated carbocycles. The Balaban J connectivity index is 1.27. The van der Waals surface area contributed by atoms with E-state index in [1.54, 1.807) is 0 Å². The molecule has 0 atom stereocenters. The SMILES string of the molecule is Cc1nc2c3ccccc3nn2c(C)c1CCC(=O)NCc1ccc2c(c1)OCCO2. The first kappa shape index (κ1) is 19.4. The lowest BCUT2D eigenvalue weighted by Gasteiger charge is -2.19. The molecule has 3 heterocycles. The van der Waals surface area contributed by atoms with E-state index in [2.05, 4.69) is 10.4 Å². The quantitative estimate of drug-likeness (QED) is 0.539. The molecule has 0 radical (unpaired) electrons. The van der Waals surface area contributed by atoms with Gasteiger partial charge in [-0.1, -0.05) is 18.2 Å². The molecule has 158 valence electrons. The van der Waals surface area contributed by atoms with Crippen LogP contribution in [0.1, 0.15) is 28.9 Å². The lowest BCUT2D eigenvalue weighted by atomic mass is 10.1. The first-order valence-corrected chi connectivity index (χ1v) is 10.5. The molecular formula is C24H24N4O3. The molecular weight excluding hydrogens is 392 g/mol. The number of aromatic nitrogens is 3. The largest absolute Gasteiger partial charge is 0.486 e. The van der Waals surface area contributed by atoms with Gasteiger partial charge in [-0.3, -0.25) is 4.79 Å². The number of amides is 1. The topological polar surface area (TPSA) is 77.8 Å². The van der Waals surface area contributed by atoms with Gasteiger partial charge in [0, 0.05) is 29.7 Å². The van der Waals surface area contributed by atoms with Crippen molar-refractivity contribution in [2.45, 2.75) is 33.2 Å². The van der Waals surface area contributed by atoms with Crippen LogP contribution in [0.25, 0.3) is 16.6 Å². The first-order chi connectivity index (χ1) is 15.1. The minimum absolute atomic E-state index is 0.000544. The van der Waals surface area contributed by atoms with Gasteiger partial charge in [0.25, 0.3) is 0 Å². The van der Waals surface area contributed by atoms with E-state index >= 15 is 0 Å². The maximum absolute atomic E-state index is 12.5. The molecule has 0 spiro atoms. The van der Waals surface area contributed by atoms with Crippen molar-refractivity contribution in [3.63, 3.8) is 0 Å². The van der Waals surface area contributed by atoms with Crippen LogP contribution in [0.4, 0.5) is 0 Å². The minimum Gasteiger partial charge on any atom is -0.486 e. The standard InChI is InChI=1S/C24H24N4O3/c1-15-18(16(2)28-24(26-15)19-5-3-4-6-20(19)27-28)8-10-23(29)25-14-17-7-9-21-22(13-17)31-12-11-30-21/h3-7,9,13H,8,10-12,14H2,1-2H3,(H,25,29). The lowest BCUT2D eigenvalue weighted by molar-refractivity contribution is -0.121. The van der Waals surface area contributed by atoms with Crippen LogP contribution in [0.15, 0.2) is 42.5 Å². The first-order valence-electron chi connectivity index (χ1n) is 10.5. The summed E-state index contributed by atoms with van der Waals surface area (Å²) in [5.41, 5.74) is 5.80. The summed E-state index contributed by atoms with van der Waals surface area (Å²) in [4.78, 5) is 17.3. The molecule has 0 bridgehead atoms. The van der Waals surface area contributed by atoms with Crippen LogP contribution < -0.4 is 14.8 Å². The van der Waals surface area contributed by atoms with Crippen LogP contribution >= 0.6 is 0 Å². The van der Waals surface area contributed by atoms with Gasteiger partial charge in [0.15, 0.2) is 17.1 Å². The third-order valence-corrected chi connectivity index (χ3v) is 5.72. The normalized spacial score (nSPS) is 13.0. The van der Waals surface area contributed by atoms with Gasteiger partial charge in [0.1, 0.15) is 13.2 Å². The summed E-state index contributed by atoms with van der Waals surface area (Å²) >= 11 is 0. The molecule has 31 heavy (non-hydrogen) atoms. The second-order valence-corrected chi connectivity index (χ2v) is 7.77. The van der Waals surface area contributed by atoms with Gasteiger partial charge < -0.3 is 14.8 Å². The molecule has 7 nitrogen and oxygen atoms in total. The van der Waals surface area contributed by atoms with E-state index in [1.807, 2.05) is 60.8 Å². The van der Waals surface area contributed by atoms with Gasteiger partial charge in [-0.2, -0.15) is 5.10 Å². The number of benzene rings is 2. The fourth-order valence-corrected chi connectivity index (χ4v) is 4.06. The van der Waals surface area contributed by atoms with E-state index < -0.39 is 0 Å². The molecule has 1 aliphatic rings. The van der Waals surface area contributed by atoms with Crippen molar-refractivity contribution in [2.24, 2.45) is 0 Å². The van der Waals surface area contributed by atoms with Crippen LogP contribution in [0.2, 0.25) is 0 Å². The van der Waals surface area contributed by atoms with Crippen molar-refractivity contribution < 1.29 is 14.3 Å². The molecule has 5 rings (SSSR count). The second-order valence-electron chi connectivity index (χ2n) is 7.77. The molecule has 2 aromatic heterocycles. The van der Waals surface area contributed by atoms with Gasteiger partial charge >= 0.3 is 0 Å². The molecule has 7 heteroatoms. The summed E-state index contributed by atoms with van der Waals surface area (Å²) in [5.74, 6) is 1.48. The summed E-state index contributed by atoms with van der Waals surface area (Å²) < 4.78 is 13.0. The molecule has 1 aliphatic heterocycles. The Labute approximate surface area is 180 Å². The molecule has 0 unspecified atom stereocenters. The Morgan fingerprint density at radius 3 is 2.77 bits per heavy atom. The summed E-state index contributed by atoms with van der Waals surface area (Å²) in [7, 11) is 0. The van der Waals surface area contributed by atoms with Gasteiger partial charge in [0.05, 0.1) is 5.52 Å². The molecule has 0 saturated heterocycles. The molecule has 0 fully saturated rings. The number of carbonyl (C=O) groups excluding carboxylic acids is 1. The van der Waals surface area contributed by atoms with Gasteiger partial charge in [0.2, 0.25) is 5.91 Å². The number of rotatable bonds is 5. The number of nitrogens with one attached hydrogen (secondary N) is 1. The van der Waals surface area contributed by atoms with Gasteiger partial charge in [-0.15, -0.1) is 0 Å². The zero-order valence-electron chi connectivity index (χ0n) is 17.6. The van der Waals surface area contributed by atoms with Crippen LogP contribution in [-0.4, -0.2) is 33.7 Å². The lowest BCUT2D eigenvalue weighted by Crippen LogP contribution is -2.23. The number of carbonyl (C=O) groups is 1. The summed E-state index contributed by atoms with van der Waals surface area (Å²) in [5, 5.41) is 8.72. The van der Waals surface area contributed by atoms with E-state index in [-0.39, 0.29) is 5.91 Å². The Morgan fingerprint density at radius 2 is 1.90 bits per heavy atom. The highest BCUT2D eigenvalue weighted by atomic mass is 16.6. The smallest absolute Gasteiger partial charge is 0.220 e. The molecule has 0 aliphatic carbocycles. The fraction of sp³-hybridized carbons (Fsp3) is 0.292. The molecule has 1 N–H and O–H groups in total. The second kappa shape index (κ2) is 7.91. The van der Waals surface area contributed by atoms with Crippen molar-refractivity contribution in [1.82, 2.24) is 19.9 Å². The highest BCUT2D eigenvalue weighted by Crippen LogP contribution is 2.30. The number of hydrogen-bond acceptors (Lipinski definition) is 5. The summed E-state index contributed by atoms with van der Waals surface area (Å²) in [6.45, 7) is 5.60. The van der Waals surface area contributed by atoms with Crippen molar-refractivity contribution in [1.29, 1.82) is 0 Å². The van der Waals surface area contributed by atoms with Crippen LogP contribution in [-0.2, 0) is 17.8 Å². The van der Waals surface area contributed by atoms with Crippen LogP contribution in [0.3, 0.4) is 0 Å². The molecule has 1 amide bonds. The molecule has 2 aromatic carbocycles.